The van der Waals surface area contributed by atoms with Crippen LogP contribution in [0.4, 0.5) is 0 Å². The summed E-state index contributed by atoms with van der Waals surface area (Å²) in [6, 6.07) is 10.1. The first kappa shape index (κ1) is 11.0. The van der Waals surface area contributed by atoms with Gasteiger partial charge in [0.15, 0.2) is 0 Å². The number of H-pyrrole nitrogens is 1. The molecule has 1 aromatic heterocycles. The van der Waals surface area contributed by atoms with Crippen molar-refractivity contribution in [2.24, 2.45) is 0 Å². The summed E-state index contributed by atoms with van der Waals surface area (Å²) in [5.74, 6) is 0.101. The lowest BCUT2D eigenvalue weighted by atomic mass is 10.0. The van der Waals surface area contributed by atoms with Crippen LogP contribution in [-0.4, -0.2) is 10.1 Å². The Morgan fingerprint density at radius 1 is 1.35 bits per heavy atom. The van der Waals surface area contributed by atoms with E-state index in [1.165, 1.54) is 12.1 Å². The van der Waals surface area contributed by atoms with Crippen molar-refractivity contribution in [1.29, 1.82) is 5.26 Å². The summed E-state index contributed by atoms with van der Waals surface area (Å²) in [5.41, 5.74) is 1.50. The molecule has 2 rings (SSSR count). The van der Waals surface area contributed by atoms with Gasteiger partial charge in [0.2, 0.25) is 0 Å². The van der Waals surface area contributed by atoms with E-state index in [2.05, 4.69) is 4.98 Å². The van der Waals surface area contributed by atoms with Gasteiger partial charge in [0.25, 0.3) is 5.56 Å². The van der Waals surface area contributed by atoms with E-state index >= 15 is 0 Å². The highest BCUT2D eigenvalue weighted by Gasteiger charge is 2.10. The quantitative estimate of drug-likeness (QED) is 0.779. The van der Waals surface area contributed by atoms with E-state index in [0.717, 1.165) is 0 Å². The van der Waals surface area contributed by atoms with Gasteiger partial charge in [-0.2, -0.15) is 5.26 Å². The van der Waals surface area contributed by atoms with Crippen LogP contribution in [0.2, 0.25) is 0 Å². The van der Waals surface area contributed by atoms with Crippen LogP contribution in [0, 0.1) is 18.3 Å². The number of nitrogens with zero attached hydrogens (tertiary/aromatic N) is 1. The Balaban J connectivity index is 2.76. The first-order valence-corrected chi connectivity index (χ1v) is 5.05. The van der Waals surface area contributed by atoms with E-state index in [4.69, 9.17) is 5.26 Å². The molecular weight excluding hydrogens is 216 g/mol. The lowest BCUT2D eigenvalue weighted by molar-refractivity contribution is 0.475. The van der Waals surface area contributed by atoms with Gasteiger partial charge in [-0.25, -0.2) is 0 Å². The number of benzene rings is 1. The lowest BCUT2D eigenvalue weighted by Crippen LogP contribution is -2.12. The Bertz CT molecular complexity index is 666. The van der Waals surface area contributed by atoms with Gasteiger partial charge in [-0.15, -0.1) is 0 Å². The highest BCUT2D eigenvalue weighted by molar-refractivity contribution is 5.71. The minimum Gasteiger partial charge on any atom is -0.508 e. The largest absolute Gasteiger partial charge is 0.508 e. The highest BCUT2D eigenvalue weighted by Crippen LogP contribution is 2.24. The minimum absolute atomic E-state index is 0.0567. The van der Waals surface area contributed by atoms with E-state index in [-0.39, 0.29) is 11.3 Å². The van der Waals surface area contributed by atoms with Gasteiger partial charge < -0.3 is 10.1 Å². The Kier molecular flexibility index (Phi) is 2.67. The number of pyridine rings is 1. The zero-order valence-electron chi connectivity index (χ0n) is 9.19. The van der Waals surface area contributed by atoms with Crippen LogP contribution in [0.5, 0.6) is 5.75 Å². The molecule has 2 N–H and O–H groups in total. The number of aromatic amines is 1. The molecule has 0 bridgehead atoms. The summed E-state index contributed by atoms with van der Waals surface area (Å²) in [7, 11) is 0. The van der Waals surface area contributed by atoms with Crippen LogP contribution in [-0.2, 0) is 0 Å². The molecule has 4 heteroatoms. The normalized spacial score (nSPS) is 9.88. The number of aryl methyl sites for hydroxylation is 1. The number of phenolic OH excluding ortho intramolecular Hbond substituents is 1. The summed E-state index contributed by atoms with van der Waals surface area (Å²) in [4.78, 5) is 14.2. The second-order valence-corrected chi connectivity index (χ2v) is 3.73. The second kappa shape index (κ2) is 4.14. The van der Waals surface area contributed by atoms with Crippen molar-refractivity contribution in [3.05, 3.63) is 51.9 Å². The van der Waals surface area contributed by atoms with Crippen LogP contribution >= 0.6 is 0 Å². The number of rotatable bonds is 1. The molecule has 0 aliphatic rings. The Morgan fingerprint density at radius 2 is 2.12 bits per heavy atom. The third kappa shape index (κ3) is 2.04. The molecule has 84 valence electrons. The van der Waals surface area contributed by atoms with Gasteiger partial charge >= 0.3 is 0 Å². The van der Waals surface area contributed by atoms with Crippen molar-refractivity contribution in [3.8, 4) is 22.9 Å². The molecule has 1 heterocycles. The fourth-order valence-corrected chi connectivity index (χ4v) is 1.70. The van der Waals surface area contributed by atoms with E-state index in [9.17, 15) is 9.90 Å². The Hall–Kier alpha value is -2.54. The van der Waals surface area contributed by atoms with Crippen LogP contribution in [0.15, 0.2) is 35.1 Å². The van der Waals surface area contributed by atoms with Gasteiger partial charge in [-0.1, -0.05) is 12.1 Å². The summed E-state index contributed by atoms with van der Waals surface area (Å²) in [6.07, 6.45) is 0. The number of hydrogen-bond donors (Lipinski definition) is 2. The first-order chi connectivity index (χ1) is 8.11. The van der Waals surface area contributed by atoms with Crippen LogP contribution in [0.3, 0.4) is 0 Å². The molecular formula is C13H10N2O2. The van der Waals surface area contributed by atoms with Crippen molar-refractivity contribution in [3.63, 3.8) is 0 Å². The first-order valence-electron chi connectivity index (χ1n) is 5.05. The molecule has 1 aromatic carbocycles. The molecule has 0 atom stereocenters. The van der Waals surface area contributed by atoms with Gasteiger partial charge in [-0.05, 0) is 30.7 Å². The summed E-state index contributed by atoms with van der Waals surface area (Å²) in [6.45, 7) is 1.74. The minimum atomic E-state index is -0.411. The average Bonchev–Trinajstić information content (AvgIpc) is 2.28. The molecule has 0 amide bonds. The van der Waals surface area contributed by atoms with E-state index < -0.39 is 5.56 Å². The molecule has 0 unspecified atom stereocenters. The summed E-state index contributed by atoms with van der Waals surface area (Å²) in [5, 5.41) is 18.4. The number of hydrogen-bond acceptors (Lipinski definition) is 3. The standard InChI is InChI=1S/C13H10N2O2/c1-8-5-11(12(7-14)13(17)15-8)9-3-2-4-10(16)6-9/h2-6,16H,1H3,(H,15,17). The highest BCUT2D eigenvalue weighted by atomic mass is 16.3. The van der Waals surface area contributed by atoms with E-state index in [1.54, 1.807) is 25.1 Å². The number of phenols is 1. The van der Waals surface area contributed by atoms with Gasteiger partial charge in [0.05, 0.1) is 0 Å². The molecule has 0 aliphatic heterocycles. The maximum absolute atomic E-state index is 11.6. The molecule has 0 spiro atoms. The van der Waals surface area contributed by atoms with E-state index in [1.807, 2.05) is 6.07 Å². The molecule has 0 saturated heterocycles. The topological polar surface area (TPSA) is 76.9 Å². The third-order valence-electron chi connectivity index (χ3n) is 2.44. The fraction of sp³-hybridized carbons (Fsp3) is 0.0769. The van der Waals surface area contributed by atoms with Crippen molar-refractivity contribution in [2.45, 2.75) is 6.92 Å². The number of aromatic hydroxyl groups is 1. The summed E-state index contributed by atoms with van der Waals surface area (Å²) < 4.78 is 0. The molecule has 0 fully saturated rings. The predicted octanol–water partition coefficient (Wildman–Crippen LogP) is 1.93. The third-order valence-corrected chi connectivity index (χ3v) is 2.44. The van der Waals surface area contributed by atoms with E-state index in [0.29, 0.717) is 16.8 Å². The number of nitrogens with one attached hydrogen (secondary N) is 1. The van der Waals surface area contributed by atoms with Crippen molar-refractivity contribution < 1.29 is 5.11 Å². The van der Waals surface area contributed by atoms with Gasteiger partial charge in [0.1, 0.15) is 17.4 Å². The summed E-state index contributed by atoms with van der Waals surface area (Å²) >= 11 is 0. The lowest BCUT2D eigenvalue weighted by Gasteiger charge is -2.05. The molecule has 0 aliphatic carbocycles. The maximum Gasteiger partial charge on any atom is 0.266 e. The maximum atomic E-state index is 11.6. The number of nitriles is 1. The van der Waals surface area contributed by atoms with Gasteiger partial charge in [0, 0.05) is 11.3 Å². The van der Waals surface area contributed by atoms with Crippen LogP contribution in [0.1, 0.15) is 11.3 Å². The zero-order chi connectivity index (χ0) is 12.4. The van der Waals surface area contributed by atoms with Crippen molar-refractivity contribution >= 4 is 0 Å². The smallest absolute Gasteiger partial charge is 0.266 e. The molecule has 17 heavy (non-hydrogen) atoms. The fourth-order valence-electron chi connectivity index (χ4n) is 1.70. The SMILES string of the molecule is Cc1cc(-c2cccc(O)c2)c(C#N)c(=O)[nH]1. The molecule has 2 aromatic rings. The van der Waals surface area contributed by atoms with Crippen molar-refractivity contribution in [2.75, 3.05) is 0 Å². The molecule has 4 nitrogen and oxygen atoms in total. The molecule has 0 radical (unpaired) electrons. The molecule has 0 saturated carbocycles. The Labute approximate surface area is 97.8 Å². The van der Waals surface area contributed by atoms with Crippen LogP contribution < -0.4 is 5.56 Å². The Morgan fingerprint density at radius 3 is 2.76 bits per heavy atom. The predicted molar refractivity (Wildman–Crippen MR) is 63.6 cm³/mol. The number of aromatic nitrogens is 1. The zero-order valence-corrected chi connectivity index (χ0v) is 9.19. The second-order valence-electron chi connectivity index (χ2n) is 3.73. The monoisotopic (exact) mass is 226 g/mol. The average molecular weight is 226 g/mol. The van der Waals surface area contributed by atoms with Crippen molar-refractivity contribution in [1.82, 2.24) is 4.98 Å². The van der Waals surface area contributed by atoms with Crippen LogP contribution in [0.25, 0.3) is 11.1 Å². The van der Waals surface area contributed by atoms with Gasteiger partial charge in [-0.3, -0.25) is 4.79 Å².